The van der Waals surface area contributed by atoms with Gasteiger partial charge >= 0.3 is 0 Å². The van der Waals surface area contributed by atoms with Crippen molar-refractivity contribution in [2.75, 3.05) is 47.0 Å². The second-order valence-electron chi connectivity index (χ2n) is 7.75. The highest BCUT2D eigenvalue weighted by Crippen LogP contribution is 2.24. The lowest BCUT2D eigenvalue weighted by Crippen LogP contribution is -2.53. The van der Waals surface area contributed by atoms with Gasteiger partial charge in [-0.25, -0.2) is 0 Å². The molecule has 1 saturated heterocycles. The Hall–Kier alpha value is -2.08. The monoisotopic (exact) mass is 398 g/mol. The zero-order chi connectivity index (χ0) is 20.5. The molecule has 0 radical (unpaired) electrons. The van der Waals surface area contributed by atoms with Crippen LogP contribution in [0.15, 0.2) is 48.5 Å². The summed E-state index contributed by atoms with van der Waals surface area (Å²) in [6.45, 7) is 5.24. The average molecular weight is 399 g/mol. The summed E-state index contributed by atoms with van der Waals surface area (Å²) in [4.78, 5) is 5.03. The van der Waals surface area contributed by atoms with Crippen LogP contribution in [-0.4, -0.2) is 68.0 Å². The Bertz CT molecular complexity index is 716. The number of hydrogen-bond acceptors (Lipinski definition) is 5. The molecule has 0 amide bonds. The first-order valence-electron chi connectivity index (χ1n) is 10.5. The zero-order valence-electron chi connectivity index (χ0n) is 17.7. The van der Waals surface area contributed by atoms with Gasteiger partial charge in [0.25, 0.3) is 0 Å². The third kappa shape index (κ3) is 6.46. The molecule has 3 rings (SSSR count). The van der Waals surface area contributed by atoms with E-state index in [1.807, 2.05) is 6.07 Å². The Morgan fingerprint density at radius 2 is 1.69 bits per heavy atom. The standard InChI is InChI=1S/C24H34N2O3/c1-28-23-15-21(16-24(17-23)29-2)18-25-12-13-26(22(19-25)10-14-27)11-6-9-20-7-4-3-5-8-20/h3-5,7-8,15-17,22,27H,6,9-14,18-19H2,1-2H3. The van der Waals surface area contributed by atoms with Gasteiger partial charge in [0.15, 0.2) is 0 Å². The van der Waals surface area contributed by atoms with E-state index in [-0.39, 0.29) is 6.61 Å². The molecule has 0 spiro atoms. The lowest BCUT2D eigenvalue weighted by molar-refractivity contribution is 0.0546. The summed E-state index contributed by atoms with van der Waals surface area (Å²) in [6.07, 6.45) is 3.08. The lowest BCUT2D eigenvalue weighted by Gasteiger charge is -2.41. The fraction of sp³-hybridized carbons (Fsp3) is 0.500. The third-order valence-corrected chi connectivity index (χ3v) is 5.72. The second kappa shape index (κ2) is 11.2. The largest absolute Gasteiger partial charge is 0.497 e. The summed E-state index contributed by atoms with van der Waals surface area (Å²) in [5, 5.41) is 9.57. The van der Waals surface area contributed by atoms with Crippen LogP contribution in [0.2, 0.25) is 0 Å². The van der Waals surface area contributed by atoms with E-state index in [1.54, 1.807) is 14.2 Å². The zero-order valence-corrected chi connectivity index (χ0v) is 17.7. The van der Waals surface area contributed by atoms with E-state index >= 15 is 0 Å². The number of piperazine rings is 1. The van der Waals surface area contributed by atoms with Gasteiger partial charge in [-0.05, 0) is 49.1 Å². The van der Waals surface area contributed by atoms with E-state index < -0.39 is 0 Å². The number of rotatable bonds is 10. The predicted molar refractivity (Wildman–Crippen MR) is 117 cm³/mol. The SMILES string of the molecule is COc1cc(CN2CCN(CCCc3ccccc3)C(CCO)C2)cc(OC)c1. The number of aryl methyl sites for hydroxylation is 1. The first kappa shape index (κ1) is 21.6. The van der Waals surface area contributed by atoms with Gasteiger partial charge in [0.1, 0.15) is 11.5 Å². The molecule has 0 saturated carbocycles. The smallest absolute Gasteiger partial charge is 0.122 e. The van der Waals surface area contributed by atoms with Crippen LogP contribution in [0.3, 0.4) is 0 Å². The maximum Gasteiger partial charge on any atom is 0.122 e. The Balaban J connectivity index is 1.55. The average Bonchev–Trinajstić information content (AvgIpc) is 2.76. The van der Waals surface area contributed by atoms with Gasteiger partial charge in [-0.2, -0.15) is 0 Å². The van der Waals surface area contributed by atoms with Crippen LogP contribution in [0.25, 0.3) is 0 Å². The fourth-order valence-electron chi connectivity index (χ4n) is 4.16. The van der Waals surface area contributed by atoms with Crippen molar-refractivity contribution in [1.82, 2.24) is 9.80 Å². The van der Waals surface area contributed by atoms with E-state index in [0.29, 0.717) is 6.04 Å². The van der Waals surface area contributed by atoms with Crippen molar-refractivity contribution in [2.24, 2.45) is 0 Å². The summed E-state index contributed by atoms with van der Waals surface area (Å²) in [5.74, 6) is 1.65. The molecule has 5 heteroatoms. The van der Waals surface area contributed by atoms with Crippen LogP contribution >= 0.6 is 0 Å². The van der Waals surface area contributed by atoms with Crippen molar-refractivity contribution in [2.45, 2.75) is 31.8 Å². The quantitative estimate of drug-likeness (QED) is 0.666. The van der Waals surface area contributed by atoms with Gasteiger partial charge in [-0.3, -0.25) is 9.80 Å². The molecule has 0 aliphatic carbocycles. The lowest BCUT2D eigenvalue weighted by atomic mass is 10.1. The summed E-state index contributed by atoms with van der Waals surface area (Å²) in [5.41, 5.74) is 2.60. The number of ether oxygens (including phenoxy) is 2. The molecule has 0 aromatic heterocycles. The Labute approximate surface area is 174 Å². The van der Waals surface area contributed by atoms with Crippen LogP contribution in [0.5, 0.6) is 11.5 Å². The molecular weight excluding hydrogens is 364 g/mol. The molecule has 29 heavy (non-hydrogen) atoms. The number of nitrogens with zero attached hydrogens (tertiary/aromatic N) is 2. The third-order valence-electron chi connectivity index (χ3n) is 5.72. The minimum Gasteiger partial charge on any atom is -0.497 e. The summed E-state index contributed by atoms with van der Waals surface area (Å²) >= 11 is 0. The molecule has 1 fully saturated rings. The molecule has 1 aliphatic rings. The number of benzene rings is 2. The molecule has 1 aliphatic heterocycles. The Morgan fingerprint density at radius 1 is 0.966 bits per heavy atom. The van der Waals surface area contributed by atoms with Gasteiger partial charge in [0.05, 0.1) is 14.2 Å². The van der Waals surface area contributed by atoms with Gasteiger partial charge in [0.2, 0.25) is 0 Å². The highest BCUT2D eigenvalue weighted by molar-refractivity contribution is 5.38. The number of hydrogen-bond donors (Lipinski definition) is 1. The van der Waals surface area contributed by atoms with Crippen LogP contribution in [-0.2, 0) is 13.0 Å². The van der Waals surface area contributed by atoms with Crippen LogP contribution < -0.4 is 9.47 Å². The number of aliphatic hydroxyl groups is 1. The second-order valence-corrected chi connectivity index (χ2v) is 7.75. The topological polar surface area (TPSA) is 45.2 Å². The van der Waals surface area contributed by atoms with Crippen molar-refractivity contribution in [1.29, 1.82) is 0 Å². The molecule has 5 nitrogen and oxygen atoms in total. The minimum absolute atomic E-state index is 0.237. The molecule has 0 bridgehead atoms. The summed E-state index contributed by atoms with van der Waals surface area (Å²) in [7, 11) is 3.37. The molecule has 2 aromatic carbocycles. The van der Waals surface area contributed by atoms with E-state index in [1.165, 1.54) is 11.1 Å². The molecular formula is C24H34N2O3. The summed E-state index contributed by atoms with van der Waals surface area (Å²) < 4.78 is 10.8. The first-order valence-corrected chi connectivity index (χ1v) is 10.5. The number of aliphatic hydroxyl groups excluding tert-OH is 1. The van der Waals surface area contributed by atoms with Gasteiger partial charge in [-0.1, -0.05) is 30.3 Å². The van der Waals surface area contributed by atoms with Gasteiger partial charge in [-0.15, -0.1) is 0 Å². The maximum atomic E-state index is 9.57. The van der Waals surface area contributed by atoms with E-state index in [4.69, 9.17) is 9.47 Å². The van der Waals surface area contributed by atoms with E-state index in [0.717, 1.165) is 63.5 Å². The van der Waals surface area contributed by atoms with Crippen molar-refractivity contribution < 1.29 is 14.6 Å². The Morgan fingerprint density at radius 3 is 2.34 bits per heavy atom. The van der Waals surface area contributed by atoms with Crippen molar-refractivity contribution >= 4 is 0 Å². The molecule has 2 aromatic rings. The summed E-state index contributed by atoms with van der Waals surface area (Å²) in [6, 6.07) is 17.1. The van der Waals surface area contributed by atoms with Crippen LogP contribution in [0.4, 0.5) is 0 Å². The van der Waals surface area contributed by atoms with E-state index in [2.05, 4.69) is 52.3 Å². The van der Waals surface area contributed by atoms with E-state index in [9.17, 15) is 5.11 Å². The normalized spacial score (nSPS) is 18.0. The van der Waals surface area contributed by atoms with Gasteiger partial charge in [0, 0.05) is 44.9 Å². The van der Waals surface area contributed by atoms with Crippen molar-refractivity contribution in [3.63, 3.8) is 0 Å². The molecule has 1 heterocycles. The minimum atomic E-state index is 0.237. The van der Waals surface area contributed by atoms with Crippen molar-refractivity contribution in [3.8, 4) is 11.5 Å². The number of methoxy groups -OCH3 is 2. The van der Waals surface area contributed by atoms with Gasteiger partial charge < -0.3 is 14.6 Å². The highest BCUT2D eigenvalue weighted by Gasteiger charge is 2.26. The van der Waals surface area contributed by atoms with Crippen LogP contribution in [0.1, 0.15) is 24.0 Å². The molecule has 1 unspecified atom stereocenters. The maximum absolute atomic E-state index is 9.57. The molecule has 158 valence electrons. The van der Waals surface area contributed by atoms with Crippen LogP contribution in [0, 0.1) is 0 Å². The fourth-order valence-corrected chi connectivity index (χ4v) is 4.16. The Kier molecular flexibility index (Phi) is 8.35. The van der Waals surface area contributed by atoms with Crippen molar-refractivity contribution in [3.05, 3.63) is 59.7 Å². The molecule has 1 N–H and O–H groups in total. The first-order chi connectivity index (χ1) is 14.2. The predicted octanol–water partition coefficient (Wildman–Crippen LogP) is 3.21. The molecule has 1 atom stereocenters. The highest BCUT2D eigenvalue weighted by atomic mass is 16.5.